The van der Waals surface area contributed by atoms with Crippen molar-refractivity contribution in [2.24, 2.45) is 0 Å². The SMILES string of the molecule is O=C1NC(=O)C(Cc2ccc(OCCN3c4ccccc4Oc4ccccc43)cc2)S1.[H-].[Na+]. The fourth-order valence-corrected chi connectivity index (χ4v) is 4.60. The third-order valence-electron chi connectivity index (χ3n) is 5.23. The summed E-state index contributed by atoms with van der Waals surface area (Å²) in [5.74, 6) is 2.20. The molecule has 0 spiro atoms. The summed E-state index contributed by atoms with van der Waals surface area (Å²) in [7, 11) is 0. The first kappa shape index (κ1) is 22.7. The van der Waals surface area contributed by atoms with Gasteiger partial charge in [0, 0.05) is 0 Å². The van der Waals surface area contributed by atoms with Gasteiger partial charge in [-0.2, -0.15) is 0 Å². The molecule has 1 saturated heterocycles. The molecule has 1 N–H and O–H groups in total. The van der Waals surface area contributed by atoms with Gasteiger partial charge in [-0.15, -0.1) is 0 Å². The average Bonchev–Trinajstić information content (AvgIpc) is 3.11. The van der Waals surface area contributed by atoms with Gasteiger partial charge in [-0.3, -0.25) is 14.9 Å². The maximum atomic E-state index is 11.7. The van der Waals surface area contributed by atoms with Crippen molar-refractivity contribution in [1.29, 1.82) is 0 Å². The number of imide groups is 1. The predicted molar refractivity (Wildman–Crippen MR) is 122 cm³/mol. The minimum atomic E-state index is -0.360. The third kappa shape index (κ3) is 4.81. The number of anilines is 2. The molecule has 0 aliphatic carbocycles. The second kappa shape index (κ2) is 10.0. The second-order valence-corrected chi connectivity index (χ2v) is 8.44. The first-order valence-electron chi connectivity index (χ1n) is 10.0. The molecule has 0 saturated carbocycles. The molecule has 0 bridgehead atoms. The monoisotopic (exact) mass is 456 g/mol. The van der Waals surface area contributed by atoms with E-state index in [-0.39, 0.29) is 47.4 Å². The Hall–Kier alpha value is -2.45. The first-order valence-corrected chi connectivity index (χ1v) is 10.9. The Morgan fingerprint density at radius 1 is 0.938 bits per heavy atom. The van der Waals surface area contributed by atoms with Crippen molar-refractivity contribution in [3.05, 3.63) is 78.4 Å². The summed E-state index contributed by atoms with van der Waals surface area (Å²) in [4.78, 5) is 25.2. The number of thioether (sulfide) groups is 1. The van der Waals surface area contributed by atoms with Crippen LogP contribution in [0.4, 0.5) is 16.2 Å². The Kier molecular flexibility index (Phi) is 7.10. The normalized spacial score (nSPS) is 16.4. The summed E-state index contributed by atoms with van der Waals surface area (Å²) < 4.78 is 12.0. The fourth-order valence-electron chi connectivity index (χ4n) is 3.74. The molecule has 3 aromatic rings. The van der Waals surface area contributed by atoms with Crippen molar-refractivity contribution >= 4 is 34.3 Å². The molecule has 1 atom stereocenters. The molecule has 3 aromatic carbocycles. The molecule has 1 unspecified atom stereocenters. The third-order valence-corrected chi connectivity index (χ3v) is 6.21. The zero-order chi connectivity index (χ0) is 21.2. The van der Waals surface area contributed by atoms with Crippen molar-refractivity contribution in [1.82, 2.24) is 5.32 Å². The molecule has 6 nitrogen and oxygen atoms in total. The van der Waals surface area contributed by atoms with Crippen LogP contribution >= 0.6 is 11.8 Å². The van der Waals surface area contributed by atoms with E-state index in [4.69, 9.17) is 9.47 Å². The molecular weight excluding hydrogens is 435 g/mol. The Bertz CT molecular complexity index is 1100. The van der Waals surface area contributed by atoms with Gasteiger partial charge < -0.3 is 15.8 Å². The van der Waals surface area contributed by atoms with Gasteiger partial charge in [-0.25, -0.2) is 0 Å². The maximum Gasteiger partial charge on any atom is 1.00 e. The van der Waals surface area contributed by atoms with Crippen molar-refractivity contribution < 1.29 is 50.0 Å². The van der Waals surface area contributed by atoms with Gasteiger partial charge in [0.2, 0.25) is 5.91 Å². The molecular formula is C24H21N2NaO4S. The van der Waals surface area contributed by atoms with E-state index in [1.165, 1.54) is 0 Å². The van der Waals surface area contributed by atoms with Gasteiger partial charge in [-0.1, -0.05) is 48.2 Å². The Labute approximate surface area is 214 Å². The molecule has 0 radical (unpaired) electrons. The van der Waals surface area contributed by atoms with Gasteiger partial charge in [0.1, 0.15) is 12.4 Å². The number of fused-ring (bicyclic) bond motifs is 2. The van der Waals surface area contributed by atoms with Gasteiger partial charge in [0.25, 0.3) is 5.24 Å². The van der Waals surface area contributed by atoms with E-state index in [1.807, 2.05) is 72.8 Å². The second-order valence-electron chi connectivity index (χ2n) is 7.27. The van der Waals surface area contributed by atoms with Crippen LogP contribution in [0, 0.1) is 0 Å². The summed E-state index contributed by atoms with van der Waals surface area (Å²) in [6.45, 7) is 1.16. The van der Waals surface area contributed by atoms with E-state index in [1.54, 1.807) is 0 Å². The van der Waals surface area contributed by atoms with E-state index >= 15 is 0 Å². The number of ether oxygens (including phenoxy) is 2. The van der Waals surface area contributed by atoms with Crippen LogP contribution in [0.5, 0.6) is 17.2 Å². The van der Waals surface area contributed by atoms with Gasteiger partial charge in [0.15, 0.2) is 11.5 Å². The van der Waals surface area contributed by atoms with Gasteiger partial charge >= 0.3 is 29.6 Å². The van der Waals surface area contributed by atoms with Crippen LogP contribution in [0.25, 0.3) is 0 Å². The number of hydrogen-bond acceptors (Lipinski definition) is 6. The molecule has 5 rings (SSSR count). The summed E-state index contributed by atoms with van der Waals surface area (Å²) in [5.41, 5.74) is 3.02. The number of nitrogens with one attached hydrogen (secondary N) is 1. The molecule has 2 aliphatic heterocycles. The van der Waals surface area contributed by atoms with Crippen molar-refractivity contribution in [2.75, 3.05) is 18.1 Å². The quantitative estimate of drug-likeness (QED) is 0.573. The Morgan fingerprint density at radius 2 is 1.56 bits per heavy atom. The molecule has 0 aromatic heterocycles. The number of para-hydroxylation sites is 4. The molecule has 2 heterocycles. The summed E-state index contributed by atoms with van der Waals surface area (Å²) in [5, 5.41) is 1.68. The van der Waals surface area contributed by atoms with Gasteiger partial charge in [0.05, 0.1) is 23.2 Å². The zero-order valence-corrected chi connectivity index (χ0v) is 20.4. The van der Waals surface area contributed by atoms with E-state index < -0.39 is 0 Å². The number of carbonyl (C=O) groups excluding carboxylic acids is 2. The van der Waals surface area contributed by atoms with E-state index in [0.29, 0.717) is 19.6 Å². The number of rotatable bonds is 6. The standard InChI is InChI=1S/C24H20N2O4S.Na.H/c27-23-22(31-24(28)25-23)15-16-9-11-17(12-10-16)29-14-13-26-18-5-1-3-7-20(18)30-21-8-4-2-6-19(21)26;;/h1-12,22H,13-15H2,(H,25,27,28);;/q;+1;-1. The number of hydrogen-bond donors (Lipinski definition) is 1. The van der Waals surface area contributed by atoms with Crippen molar-refractivity contribution in [2.45, 2.75) is 11.7 Å². The van der Waals surface area contributed by atoms with E-state index in [0.717, 1.165) is 45.9 Å². The molecule has 1 fully saturated rings. The average molecular weight is 456 g/mol. The van der Waals surface area contributed by atoms with Crippen LogP contribution in [0.1, 0.15) is 6.99 Å². The smallest absolute Gasteiger partial charge is 1.00 e. The predicted octanol–water partition coefficient (Wildman–Crippen LogP) is 2.02. The minimum absolute atomic E-state index is 0. The number of carbonyl (C=O) groups is 2. The fraction of sp³-hybridized carbons (Fsp3) is 0.167. The van der Waals surface area contributed by atoms with Crippen LogP contribution in [0.2, 0.25) is 0 Å². The minimum Gasteiger partial charge on any atom is -1.00 e. The van der Waals surface area contributed by atoms with Gasteiger partial charge in [-0.05, 0) is 48.4 Å². The maximum absolute atomic E-state index is 11.7. The first-order chi connectivity index (χ1) is 15.2. The van der Waals surface area contributed by atoms with Crippen molar-refractivity contribution in [3.63, 3.8) is 0 Å². The van der Waals surface area contributed by atoms with Crippen LogP contribution in [-0.2, 0) is 11.2 Å². The largest absolute Gasteiger partial charge is 1.00 e. The molecule has 8 heteroatoms. The molecule has 158 valence electrons. The number of benzene rings is 3. The molecule has 32 heavy (non-hydrogen) atoms. The van der Waals surface area contributed by atoms with E-state index in [9.17, 15) is 9.59 Å². The summed E-state index contributed by atoms with van der Waals surface area (Å²) in [6.07, 6.45) is 0.518. The number of amides is 2. The number of nitrogens with zero attached hydrogens (tertiary/aromatic N) is 1. The zero-order valence-electron chi connectivity index (χ0n) is 18.6. The van der Waals surface area contributed by atoms with Crippen LogP contribution in [-0.4, -0.2) is 29.5 Å². The van der Waals surface area contributed by atoms with Crippen molar-refractivity contribution in [3.8, 4) is 17.2 Å². The Morgan fingerprint density at radius 3 is 2.16 bits per heavy atom. The van der Waals surface area contributed by atoms with Crippen LogP contribution in [0.3, 0.4) is 0 Å². The molecule has 2 aliphatic rings. The van der Waals surface area contributed by atoms with Crippen LogP contribution in [0.15, 0.2) is 72.8 Å². The van der Waals surface area contributed by atoms with E-state index in [2.05, 4.69) is 10.2 Å². The Balaban J connectivity index is 0.00000153. The summed E-state index contributed by atoms with van der Waals surface area (Å²) >= 11 is 1.04. The van der Waals surface area contributed by atoms with Crippen LogP contribution < -0.4 is 49.2 Å². The topological polar surface area (TPSA) is 67.9 Å². The molecule has 2 amide bonds. The summed E-state index contributed by atoms with van der Waals surface area (Å²) in [6, 6.07) is 23.6.